The molecule has 1 aliphatic rings. The maximum absolute atomic E-state index is 11.5. The predicted molar refractivity (Wildman–Crippen MR) is 70.1 cm³/mol. The van der Waals surface area contributed by atoms with Gasteiger partial charge in [0.1, 0.15) is 0 Å². The molecule has 1 fully saturated rings. The minimum atomic E-state index is 0.0551. The molecule has 0 atom stereocenters. The van der Waals surface area contributed by atoms with E-state index in [1.54, 1.807) is 7.05 Å². The lowest BCUT2D eigenvalue weighted by Crippen LogP contribution is -2.51. The van der Waals surface area contributed by atoms with Crippen LogP contribution in [0.5, 0.6) is 0 Å². The molecule has 0 aromatic heterocycles. The minimum absolute atomic E-state index is 0.0551. The highest BCUT2D eigenvalue weighted by Gasteiger charge is 2.35. The summed E-state index contributed by atoms with van der Waals surface area (Å²) in [6.45, 7) is 2.83. The number of hydrogen-bond donors (Lipinski definition) is 1. The number of hydrogen-bond acceptors (Lipinski definition) is 3. The van der Waals surface area contributed by atoms with E-state index >= 15 is 0 Å². The van der Waals surface area contributed by atoms with Crippen LogP contribution < -0.4 is 5.32 Å². The van der Waals surface area contributed by atoms with Crippen molar-refractivity contribution in [2.75, 3.05) is 47.0 Å². The van der Waals surface area contributed by atoms with Crippen molar-refractivity contribution in [2.24, 2.45) is 0 Å². The van der Waals surface area contributed by atoms with E-state index in [0.717, 1.165) is 32.5 Å². The molecule has 0 aromatic rings. The van der Waals surface area contributed by atoms with Gasteiger partial charge in [-0.2, -0.15) is 11.8 Å². The predicted octanol–water partition coefficient (Wildman–Crippen LogP) is 1.08. The third-order valence-corrected chi connectivity index (χ3v) is 4.62. The molecule has 1 N–H and O–H groups in total. The molecule has 0 bridgehead atoms. The van der Waals surface area contributed by atoms with Gasteiger partial charge < -0.3 is 15.1 Å². The van der Waals surface area contributed by atoms with Crippen molar-refractivity contribution in [3.05, 3.63) is 0 Å². The second-order valence-corrected chi connectivity index (χ2v) is 5.94. The van der Waals surface area contributed by atoms with Crippen LogP contribution in [0, 0.1) is 0 Å². The number of nitrogens with one attached hydrogen (secondary N) is 1. The number of rotatable bonds is 3. The van der Waals surface area contributed by atoms with Gasteiger partial charge in [0.2, 0.25) is 0 Å². The monoisotopic (exact) mass is 245 g/mol. The Morgan fingerprint density at radius 1 is 1.44 bits per heavy atom. The summed E-state index contributed by atoms with van der Waals surface area (Å²) in [5.74, 6) is 0. The second kappa shape index (κ2) is 5.77. The smallest absolute Gasteiger partial charge is 0.317 e. The molecular weight excluding hydrogens is 222 g/mol. The van der Waals surface area contributed by atoms with E-state index in [2.05, 4.69) is 30.6 Å². The zero-order valence-corrected chi connectivity index (χ0v) is 11.6. The summed E-state index contributed by atoms with van der Waals surface area (Å²) in [5.41, 5.74) is 0. The summed E-state index contributed by atoms with van der Waals surface area (Å²) in [7, 11) is 5.92. The topological polar surface area (TPSA) is 35.6 Å². The van der Waals surface area contributed by atoms with Crippen LogP contribution >= 0.6 is 11.8 Å². The number of likely N-dealkylation sites (tertiary alicyclic amines) is 1. The normalized spacial score (nSPS) is 19.9. The summed E-state index contributed by atoms with van der Waals surface area (Å²) < 4.78 is 0.327. The maximum atomic E-state index is 11.5. The lowest BCUT2D eigenvalue weighted by molar-refractivity contribution is 0.171. The van der Waals surface area contributed by atoms with Crippen LogP contribution in [0.1, 0.15) is 12.8 Å². The number of carbonyl (C=O) groups is 1. The summed E-state index contributed by atoms with van der Waals surface area (Å²) in [6, 6.07) is 0.0551. The van der Waals surface area contributed by atoms with Gasteiger partial charge in [-0.05, 0) is 33.2 Å². The Hall–Kier alpha value is -0.420. The Bertz CT molecular complexity index is 237. The van der Waals surface area contributed by atoms with Crippen LogP contribution in [0.3, 0.4) is 0 Å². The fourth-order valence-electron chi connectivity index (χ4n) is 2.28. The zero-order valence-electron chi connectivity index (χ0n) is 10.7. The lowest BCUT2D eigenvalue weighted by Gasteiger charge is -2.42. The van der Waals surface area contributed by atoms with Crippen LogP contribution in [0.2, 0.25) is 0 Å². The van der Waals surface area contributed by atoms with Gasteiger partial charge in [0.25, 0.3) is 0 Å². The first kappa shape index (κ1) is 13.6. The van der Waals surface area contributed by atoms with E-state index in [4.69, 9.17) is 0 Å². The lowest BCUT2D eigenvalue weighted by atomic mass is 9.95. The molecule has 4 nitrogen and oxygen atoms in total. The summed E-state index contributed by atoms with van der Waals surface area (Å²) in [6.07, 6.45) is 4.35. The quantitative estimate of drug-likeness (QED) is 0.808. The van der Waals surface area contributed by atoms with Crippen molar-refractivity contribution in [1.29, 1.82) is 0 Å². The summed E-state index contributed by atoms with van der Waals surface area (Å²) in [5, 5.41) is 2.69. The molecule has 1 rings (SSSR count). The van der Waals surface area contributed by atoms with Gasteiger partial charge in [-0.15, -0.1) is 0 Å². The average molecular weight is 245 g/mol. The van der Waals surface area contributed by atoms with Crippen molar-refractivity contribution in [1.82, 2.24) is 15.1 Å². The highest BCUT2D eigenvalue weighted by atomic mass is 32.2. The van der Waals surface area contributed by atoms with Gasteiger partial charge in [-0.1, -0.05) is 0 Å². The first-order chi connectivity index (χ1) is 7.53. The molecule has 1 heterocycles. The van der Waals surface area contributed by atoms with E-state index in [0.29, 0.717) is 4.75 Å². The number of carbonyl (C=O) groups excluding carboxylic acids is 1. The molecule has 1 saturated heterocycles. The summed E-state index contributed by atoms with van der Waals surface area (Å²) >= 11 is 1.94. The number of nitrogens with zero attached hydrogens (tertiary/aromatic N) is 2. The van der Waals surface area contributed by atoms with Crippen LogP contribution in [-0.2, 0) is 0 Å². The molecule has 16 heavy (non-hydrogen) atoms. The molecule has 5 heteroatoms. The molecule has 0 unspecified atom stereocenters. The van der Waals surface area contributed by atoms with E-state index in [1.165, 1.54) is 0 Å². The van der Waals surface area contributed by atoms with Gasteiger partial charge in [-0.3, -0.25) is 0 Å². The largest absolute Gasteiger partial charge is 0.341 e. The standard InChI is InChI=1S/C11H23N3OS/c1-12-10(15)14-7-5-11(16-4,6-8-14)9-13(2)3/h5-9H2,1-4H3,(H,12,15). The van der Waals surface area contributed by atoms with E-state index in [-0.39, 0.29) is 6.03 Å². The van der Waals surface area contributed by atoms with Gasteiger partial charge >= 0.3 is 6.03 Å². The van der Waals surface area contributed by atoms with Crippen molar-refractivity contribution >= 4 is 17.8 Å². The van der Waals surface area contributed by atoms with Crippen molar-refractivity contribution in [2.45, 2.75) is 17.6 Å². The van der Waals surface area contributed by atoms with Crippen molar-refractivity contribution < 1.29 is 4.79 Å². The van der Waals surface area contributed by atoms with Gasteiger partial charge in [0.05, 0.1) is 0 Å². The fraction of sp³-hybridized carbons (Fsp3) is 0.909. The van der Waals surface area contributed by atoms with E-state index < -0.39 is 0 Å². The Morgan fingerprint density at radius 2 is 2.00 bits per heavy atom. The minimum Gasteiger partial charge on any atom is -0.341 e. The molecule has 1 aliphatic heterocycles. The number of amides is 2. The van der Waals surface area contributed by atoms with Crippen LogP contribution in [0.25, 0.3) is 0 Å². The third-order valence-electron chi connectivity index (χ3n) is 3.21. The molecule has 0 radical (unpaired) electrons. The van der Waals surface area contributed by atoms with Gasteiger partial charge in [-0.25, -0.2) is 4.79 Å². The maximum Gasteiger partial charge on any atom is 0.317 e. The highest BCUT2D eigenvalue weighted by molar-refractivity contribution is 8.00. The Morgan fingerprint density at radius 3 is 2.38 bits per heavy atom. The van der Waals surface area contributed by atoms with Crippen molar-refractivity contribution in [3.8, 4) is 0 Å². The SMILES string of the molecule is CNC(=O)N1CCC(CN(C)C)(SC)CC1. The Labute approximate surface area is 103 Å². The van der Waals surface area contributed by atoms with E-state index in [9.17, 15) is 4.79 Å². The van der Waals surface area contributed by atoms with Crippen LogP contribution in [0.4, 0.5) is 4.79 Å². The summed E-state index contributed by atoms with van der Waals surface area (Å²) in [4.78, 5) is 15.6. The first-order valence-corrected chi connectivity index (χ1v) is 6.92. The molecule has 0 aliphatic carbocycles. The highest BCUT2D eigenvalue weighted by Crippen LogP contribution is 2.34. The fourth-order valence-corrected chi connectivity index (χ4v) is 3.26. The molecule has 0 saturated carbocycles. The van der Waals surface area contributed by atoms with Gasteiger partial charge in [0.15, 0.2) is 0 Å². The number of piperidine rings is 1. The second-order valence-electron chi connectivity index (χ2n) is 4.67. The van der Waals surface area contributed by atoms with Gasteiger partial charge in [0, 0.05) is 31.4 Å². The Balaban J connectivity index is 2.53. The Kier molecular flexibility index (Phi) is 4.92. The molecule has 0 aromatic carbocycles. The van der Waals surface area contributed by atoms with Crippen molar-refractivity contribution in [3.63, 3.8) is 0 Å². The zero-order chi connectivity index (χ0) is 12.2. The molecule has 0 spiro atoms. The first-order valence-electron chi connectivity index (χ1n) is 5.69. The molecule has 2 amide bonds. The number of thioether (sulfide) groups is 1. The average Bonchev–Trinajstić information content (AvgIpc) is 2.28. The molecular formula is C11H23N3OS. The third kappa shape index (κ3) is 3.28. The molecule has 94 valence electrons. The number of urea groups is 1. The van der Waals surface area contributed by atoms with E-state index in [1.807, 2.05) is 16.7 Å². The van der Waals surface area contributed by atoms with Crippen LogP contribution in [-0.4, -0.2) is 67.6 Å². The van der Waals surface area contributed by atoms with Crippen LogP contribution in [0.15, 0.2) is 0 Å².